The lowest BCUT2D eigenvalue weighted by molar-refractivity contribution is 0.573. The average molecular weight is 331 g/mol. The molecule has 5 nitrogen and oxygen atoms in total. The molecule has 0 saturated heterocycles. The highest BCUT2D eigenvalue weighted by atomic mass is 35.5. The molecule has 0 saturated carbocycles. The van der Waals surface area contributed by atoms with Gasteiger partial charge >= 0.3 is 0 Å². The molecule has 110 valence electrons. The maximum atomic E-state index is 6.17. The van der Waals surface area contributed by atoms with Crippen LogP contribution in [0, 0.1) is 4.77 Å². The van der Waals surface area contributed by atoms with E-state index in [1.54, 1.807) is 24.5 Å². The summed E-state index contributed by atoms with van der Waals surface area (Å²) >= 11 is 11.3. The number of rotatable bonds is 4. The van der Waals surface area contributed by atoms with E-state index in [0.29, 0.717) is 21.4 Å². The predicted molar refractivity (Wildman–Crippen MR) is 89.3 cm³/mol. The molecule has 0 spiro atoms. The molecule has 0 amide bonds. The predicted octanol–water partition coefficient (Wildman–Crippen LogP) is 4.31. The summed E-state index contributed by atoms with van der Waals surface area (Å²) in [5, 5.41) is 11.5. The van der Waals surface area contributed by atoms with E-state index in [9.17, 15) is 0 Å². The van der Waals surface area contributed by atoms with Gasteiger partial charge in [-0.15, -0.1) is 5.10 Å². The highest BCUT2D eigenvalue weighted by molar-refractivity contribution is 7.71. The second-order valence-corrected chi connectivity index (χ2v) is 5.15. The second-order valence-electron chi connectivity index (χ2n) is 4.33. The molecule has 22 heavy (non-hydrogen) atoms. The first-order chi connectivity index (χ1) is 10.7. The van der Waals surface area contributed by atoms with E-state index in [-0.39, 0.29) is 0 Å². The zero-order valence-corrected chi connectivity index (χ0v) is 12.9. The zero-order chi connectivity index (χ0) is 15.4. The first kappa shape index (κ1) is 14.5. The molecule has 2 aromatic heterocycles. The van der Waals surface area contributed by atoms with Crippen molar-refractivity contribution < 1.29 is 4.42 Å². The third-order valence-electron chi connectivity index (χ3n) is 2.79. The lowest BCUT2D eigenvalue weighted by Crippen LogP contribution is -1.93. The fourth-order valence-corrected chi connectivity index (χ4v) is 2.17. The van der Waals surface area contributed by atoms with Crippen LogP contribution in [0.15, 0.2) is 63.3 Å². The van der Waals surface area contributed by atoms with Crippen molar-refractivity contribution in [3.05, 3.63) is 64.1 Å². The lowest BCUT2D eigenvalue weighted by Gasteiger charge is -1.97. The number of benzene rings is 1. The number of aromatic amines is 1. The topological polar surface area (TPSA) is 59.1 Å². The summed E-state index contributed by atoms with van der Waals surface area (Å²) < 4.78 is 7.11. The van der Waals surface area contributed by atoms with Crippen molar-refractivity contribution in [3.8, 4) is 11.6 Å². The molecule has 7 heteroatoms. The van der Waals surface area contributed by atoms with Crippen LogP contribution in [-0.4, -0.2) is 21.1 Å². The van der Waals surface area contributed by atoms with E-state index < -0.39 is 0 Å². The van der Waals surface area contributed by atoms with Gasteiger partial charge in [0.2, 0.25) is 10.6 Å². The molecule has 1 aromatic carbocycles. The van der Waals surface area contributed by atoms with E-state index in [2.05, 4.69) is 15.3 Å². The molecule has 1 N–H and O–H groups in total. The zero-order valence-electron chi connectivity index (χ0n) is 11.3. The maximum absolute atomic E-state index is 6.17. The van der Waals surface area contributed by atoms with E-state index in [1.165, 1.54) is 10.9 Å². The Labute approximate surface area is 136 Å². The van der Waals surface area contributed by atoms with E-state index in [0.717, 1.165) is 5.56 Å². The van der Waals surface area contributed by atoms with Crippen LogP contribution < -0.4 is 0 Å². The van der Waals surface area contributed by atoms with Gasteiger partial charge in [0.05, 0.1) is 17.5 Å². The Morgan fingerprint density at radius 2 is 2.09 bits per heavy atom. The molecule has 3 aromatic rings. The summed E-state index contributed by atoms with van der Waals surface area (Å²) in [6, 6.07) is 13.3. The highest BCUT2D eigenvalue weighted by Gasteiger charge is 2.10. The van der Waals surface area contributed by atoms with Crippen molar-refractivity contribution in [3.63, 3.8) is 0 Å². The first-order valence-electron chi connectivity index (χ1n) is 6.42. The van der Waals surface area contributed by atoms with E-state index >= 15 is 0 Å². The molecule has 0 fully saturated rings. The van der Waals surface area contributed by atoms with Crippen LogP contribution in [-0.2, 0) is 0 Å². The molecule has 0 aliphatic heterocycles. The number of nitrogens with zero attached hydrogens (tertiary/aromatic N) is 3. The van der Waals surface area contributed by atoms with Crippen LogP contribution in [0.3, 0.4) is 0 Å². The highest BCUT2D eigenvalue weighted by Crippen LogP contribution is 2.17. The minimum absolute atomic E-state index is 0.354. The summed E-state index contributed by atoms with van der Waals surface area (Å²) in [5.41, 5.74) is 0.987. The molecular formula is C15H11ClN4OS. The number of aromatic nitrogens is 3. The van der Waals surface area contributed by atoms with Gasteiger partial charge in [0.1, 0.15) is 0 Å². The number of H-pyrrole nitrogens is 1. The summed E-state index contributed by atoms with van der Waals surface area (Å²) in [6.45, 7) is 0. The van der Waals surface area contributed by atoms with Crippen molar-refractivity contribution in [1.82, 2.24) is 14.9 Å². The number of furan rings is 1. The maximum Gasteiger partial charge on any atom is 0.219 e. The fraction of sp³-hybridized carbons (Fsp3) is 0. The number of allylic oxidation sites excluding steroid dienone is 1. The Hall–Kier alpha value is -2.44. The normalized spacial score (nSPS) is 12.1. The third-order valence-corrected chi connectivity index (χ3v) is 3.26. The first-order valence-corrected chi connectivity index (χ1v) is 7.20. The number of nitrogens with one attached hydrogen (secondary N) is 1. The minimum atomic E-state index is 0.354. The molecule has 0 atom stereocenters. The van der Waals surface area contributed by atoms with Gasteiger partial charge in [-0.1, -0.05) is 41.9 Å². The molecule has 0 unspecified atom stereocenters. The Kier molecular flexibility index (Phi) is 4.32. The van der Waals surface area contributed by atoms with Gasteiger partial charge < -0.3 is 4.42 Å². The fourth-order valence-electron chi connectivity index (χ4n) is 1.82. The van der Waals surface area contributed by atoms with Crippen molar-refractivity contribution in [1.29, 1.82) is 0 Å². The molecule has 0 radical (unpaired) electrons. The Bertz CT molecular complexity index is 863. The number of halogens is 1. The molecule has 3 rings (SSSR count). The van der Waals surface area contributed by atoms with Gasteiger partial charge in [-0.2, -0.15) is 9.78 Å². The summed E-state index contributed by atoms with van der Waals surface area (Å²) in [4.78, 5) is 0. The van der Waals surface area contributed by atoms with Gasteiger partial charge in [0.25, 0.3) is 0 Å². The van der Waals surface area contributed by atoms with Gasteiger partial charge in [-0.25, -0.2) is 5.10 Å². The van der Waals surface area contributed by atoms with Crippen LogP contribution in [0.2, 0.25) is 0 Å². The van der Waals surface area contributed by atoms with Crippen LogP contribution >= 0.6 is 23.8 Å². The van der Waals surface area contributed by atoms with Crippen LogP contribution in [0.25, 0.3) is 17.7 Å². The minimum Gasteiger partial charge on any atom is -0.461 e. The second kappa shape index (κ2) is 6.55. The van der Waals surface area contributed by atoms with Crippen molar-refractivity contribution in [2.24, 2.45) is 5.10 Å². The molecule has 0 bridgehead atoms. The van der Waals surface area contributed by atoms with Crippen LogP contribution in [0.5, 0.6) is 0 Å². The average Bonchev–Trinajstić information content (AvgIpc) is 3.16. The van der Waals surface area contributed by atoms with E-state index in [1.807, 2.05) is 30.3 Å². The Balaban J connectivity index is 1.89. The molecule has 0 aliphatic rings. The quantitative estimate of drug-likeness (QED) is 0.572. The summed E-state index contributed by atoms with van der Waals surface area (Å²) in [6.07, 6.45) is 4.87. The largest absolute Gasteiger partial charge is 0.461 e. The molecular weight excluding hydrogens is 320 g/mol. The Morgan fingerprint density at radius 1 is 1.27 bits per heavy atom. The van der Waals surface area contributed by atoms with Crippen molar-refractivity contribution in [2.45, 2.75) is 0 Å². The van der Waals surface area contributed by atoms with Crippen LogP contribution in [0.1, 0.15) is 5.56 Å². The van der Waals surface area contributed by atoms with Gasteiger partial charge in [0, 0.05) is 0 Å². The van der Waals surface area contributed by atoms with Gasteiger partial charge in [-0.3, -0.25) is 0 Å². The summed E-state index contributed by atoms with van der Waals surface area (Å²) in [7, 11) is 0. The van der Waals surface area contributed by atoms with Gasteiger partial charge in [0.15, 0.2) is 5.76 Å². The smallest absolute Gasteiger partial charge is 0.219 e. The van der Waals surface area contributed by atoms with Crippen LogP contribution in [0.4, 0.5) is 0 Å². The van der Waals surface area contributed by atoms with Crippen molar-refractivity contribution >= 4 is 36.1 Å². The number of hydrogen-bond donors (Lipinski definition) is 1. The SMILES string of the molecule is S=c1[nH]nc(-c2ccco2)n1/N=C/C(Cl)=C\c1ccccc1. The monoisotopic (exact) mass is 330 g/mol. The number of hydrogen-bond acceptors (Lipinski definition) is 4. The molecule has 2 heterocycles. The van der Waals surface area contributed by atoms with E-state index in [4.69, 9.17) is 28.2 Å². The lowest BCUT2D eigenvalue weighted by atomic mass is 10.2. The third kappa shape index (κ3) is 3.24. The standard InChI is InChI=1S/C15H11ClN4OS/c16-12(9-11-5-2-1-3-6-11)10-17-20-14(18-19-15(20)22)13-7-4-8-21-13/h1-10H,(H,19,22)/b12-9+,17-10+. The van der Waals surface area contributed by atoms with Crippen molar-refractivity contribution in [2.75, 3.05) is 0 Å². The molecule has 0 aliphatic carbocycles. The summed E-state index contributed by atoms with van der Waals surface area (Å²) in [5.74, 6) is 1.04. The Morgan fingerprint density at radius 3 is 2.82 bits per heavy atom. The van der Waals surface area contributed by atoms with Gasteiger partial charge in [-0.05, 0) is 36.0 Å².